The molecule has 4 N–H and O–H groups in total. The Morgan fingerprint density at radius 2 is 1.40 bits per heavy atom. The van der Waals surface area contributed by atoms with Crippen LogP contribution in [0.1, 0.15) is 81.3 Å². The molecule has 2 aromatic carbocycles. The molecular formula is C43H49N9O5. The molecule has 3 aromatic heterocycles. The van der Waals surface area contributed by atoms with Gasteiger partial charge in [-0.2, -0.15) is 0 Å². The average molecular weight is 772 g/mol. The number of benzene rings is 2. The third kappa shape index (κ3) is 7.65. The molecule has 3 fully saturated rings. The summed E-state index contributed by atoms with van der Waals surface area (Å²) in [7, 11) is 2.77. The lowest BCUT2D eigenvalue weighted by Gasteiger charge is -2.30. The Balaban J connectivity index is 0.922. The van der Waals surface area contributed by atoms with Crippen LogP contribution in [0.4, 0.5) is 4.79 Å². The highest BCUT2D eigenvalue weighted by molar-refractivity contribution is 5.87. The number of methoxy groups -OCH3 is 2. The fourth-order valence-corrected chi connectivity index (χ4v) is 9.16. The van der Waals surface area contributed by atoms with E-state index in [0.29, 0.717) is 24.2 Å². The maximum absolute atomic E-state index is 13.7. The van der Waals surface area contributed by atoms with Crippen molar-refractivity contribution in [2.24, 2.45) is 17.8 Å². The first-order valence-electron chi connectivity index (χ1n) is 19.8. The van der Waals surface area contributed by atoms with Crippen LogP contribution in [0, 0.1) is 17.8 Å². The van der Waals surface area contributed by atoms with E-state index in [0.717, 1.165) is 77.3 Å². The van der Waals surface area contributed by atoms with Crippen LogP contribution >= 0.6 is 0 Å². The first-order valence-corrected chi connectivity index (χ1v) is 19.8. The molecular weight excluding hydrogens is 723 g/mol. The van der Waals surface area contributed by atoms with Gasteiger partial charge in [0, 0.05) is 32.0 Å². The van der Waals surface area contributed by atoms with Crippen LogP contribution in [-0.2, 0) is 19.1 Å². The van der Waals surface area contributed by atoms with Crippen molar-refractivity contribution in [3.63, 3.8) is 0 Å². The van der Waals surface area contributed by atoms with Crippen molar-refractivity contribution < 1.29 is 23.9 Å². The van der Waals surface area contributed by atoms with Crippen molar-refractivity contribution in [3.8, 4) is 33.6 Å². The van der Waals surface area contributed by atoms with Crippen LogP contribution in [0.3, 0.4) is 0 Å². The zero-order valence-electron chi connectivity index (χ0n) is 32.6. The van der Waals surface area contributed by atoms with E-state index in [1.54, 1.807) is 36.6 Å². The lowest BCUT2D eigenvalue weighted by molar-refractivity contribution is -0.137. The average Bonchev–Trinajstić information content (AvgIpc) is 4.11. The van der Waals surface area contributed by atoms with E-state index in [1.165, 1.54) is 14.2 Å². The number of nitrogens with one attached hydrogen (secondary N) is 4. The molecule has 2 bridgehead atoms. The number of rotatable bonds is 12. The fraction of sp³-hybridized carbons (Fsp3) is 0.419. The molecule has 3 aliphatic rings. The van der Waals surface area contributed by atoms with Gasteiger partial charge in [-0.15, -0.1) is 0 Å². The summed E-state index contributed by atoms with van der Waals surface area (Å²) in [6, 6.07) is 15.4. The van der Waals surface area contributed by atoms with E-state index < -0.39 is 18.2 Å². The number of ether oxygens (including phenoxy) is 2. The van der Waals surface area contributed by atoms with E-state index in [1.807, 2.05) is 13.1 Å². The summed E-state index contributed by atoms with van der Waals surface area (Å²) >= 11 is 0. The first kappa shape index (κ1) is 38.0. The molecule has 3 amide bonds. The number of likely N-dealkylation sites (tertiary alicyclic amines) is 1. The summed E-state index contributed by atoms with van der Waals surface area (Å²) in [4.78, 5) is 66.2. The van der Waals surface area contributed by atoms with Gasteiger partial charge in [0.1, 0.15) is 17.7 Å². The number of imidazole rings is 2. The largest absolute Gasteiger partial charge is 0.453 e. The van der Waals surface area contributed by atoms with Gasteiger partial charge in [0.15, 0.2) is 0 Å². The molecule has 8 rings (SSSR count). The Labute approximate surface area is 331 Å². The van der Waals surface area contributed by atoms with Crippen molar-refractivity contribution in [2.45, 2.75) is 76.1 Å². The molecule has 4 heterocycles. The Bertz CT molecular complexity index is 2190. The van der Waals surface area contributed by atoms with Crippen LogP contribution in [0.15, 0.2) is 79.5 Å². The topological polar surface area (TPSA) is 180 Å². The number of aromatic nitrogens is 6. The van der Waals surface area contributed by atoms with Gasteiger partial charge in [0.05, 0.1) is 66.9 Å². The summed E-state index contributed by atoms with van der Waals surface area (Å²) in [6.45, 7) is 4.25. The smallest absolute Gasteiger partial charge is 0.407 e. The standard InChI is InChI=1S/C43H49N9O5/c1-24(32-21-44-17-18-45-32)48-41(53)37-31-16-15-30(20-31)36(37)40-47-23-34(50-40)29-13-9-27(10-14-29)26-7-11-28(12-8-26)33-22-46-39(49-33)35-6-5-19-52(35)42(54)38(25(2)56-3)51-43(55)57-4/h7-14,17-18,21-25,30-31,35-38H,5-6,15-16,19-20H2,1-4H3,(H,46,49)(H,47,50)(H,48,53)(H,51,55)/t24?,25-,30?,31?,35+,36-,37?,38+/m1/s1. The molecule has 8 atom stereocenters. The number of aromatic amines is 2. The van der Waals surface area contributed by atoms with E-state index in [4.69, 9.17) is 14.5 Å². The minimum absolute atomic E-state index is 0.0577. The maximum atomic E-state index is 13.7. The van der Waals surface area contributed by atoms with Crippen molar-refractivity contribution >= 4 is 17.9 Å². The normalized spacial score (nSPS) is 22.9. The molecule has 1 saturated heterocycles. The SMILES string of the molecule is COC(=O)N[C@H](C(=O)N1CCC[C@H]1c1ncc(-c2ccc(-c3ccc(-c4cnc([C@@H]5C6CCC(C6)C5C(=O)NC(C)c5cnccn5)[nH]4)cc3)cc2)[nH]1)[C@@H](C)OC. The van der Waals surface area contributed by atoms with Crippen molar-refractivity contribution in [1.29, 1.82) is 0 Å². The number of carbonyl (C=O) groups is 3. The molecule has 5 aromatic rings. The van der Waals surface area contributed by atoms with E-state index >= 15 is 0 Å². The predicted molar refractivity (Wildman–Crippen MR) is 212 cm³/mol. The van der Waals surface area contributed by atoms with Crippen molar-refractivity contribution in [3.05, 3.63) is 96.9 Å². The summed E-state index contributed by atoms with van der Waals surface area (Å²) in [6.07, 6.45) is 12.3. The molecule has 2 aliphatic carbocycles. The third-order valence-corrected chi connectivity index (χ3v) is 12.3. The minimum atomic E-state index is -0.887. The Morgan fingerprint density at radius 1 is 0.772 bits per heavy atom. The number of amides is 3. The van der Waals surface area contributed by atoms with E-state index in [2.05, 4.69) is 84.1 Å². The van der Waals surface area contributed by atoms with Gasteiger partial charge < -0.3 is 35.0 Å². The van der Waals surface area contributed by atoms with Crippen molar-refractivity contribution in [1.82, 2.24) is 45.4 Å². The lowest BCUT2D eigenvalue weighted by atomic mass is 9.78. The van der Waals surface area contributed by atoms with E-state index in [-0.39, 0.29) is 35.7 Å². The minimum Gasteiger partial charge on any atom is -0.453 e. The summed E-state index contributed by atoms with van der Waals surface area (Å²) < 4.78 is 10.2. The van der Waals surface area contributed by atoms with Crippen LogP contribution in [0.5, 0.6) is 0 Å². The van der Waals surface area contributed by atoms with Gasteiger partial charge in [0.2, 0.25) is 11.8 Å². The zero-order chi connectivity index (χ0) is 39.6. The summed E-state index contributed by atoms with van der Waals surface area (Å²) in [5, 5.41) is 5.84. The number of hydrogen-bond donors (Lipinski definition) is 4. The second-order valence-electron chi connectivity index (χ2n) is 15.5. The Kier molecular flexibility index (Phi) is 10.9. The highest BCUT2D eigenvalue weighted by Crippen LogP contribution is 2.56. The molecule has 1 aliphatic heterocycles. The molecule has 0 radical (unpaired) electrons. The highest BCUT2D eigenvalue weighted by atomic mass is 16.5. The number of alkyl carbamates (subject to hydrolysis) is 1. The number of fused-ring (bicyclic) bond motifs is 2. The second kappa shape index (κ2) is 16.3. The highest BCUT2D eigenvalue weighted by Gasteiger charge is 2.52. The predicted octanol–water partition coefficient (Wildman–Crippen LogP) is 6.35. The zero-order valence-corrected chi connectivity index (χ0v) is 32.6. The summed E-state index contributed by atoms with van der Waals surface area (Å²) in [5.74, 6) is 2.15. The maximum Gasteiger partial charge on any atom is 0.407 e. The lowest BCUT2D eigenvalue weighted by Crippen LogP contribution is -2.54. The molecule has 296 valence electrons. The van der Waals surface area contributed by atoms with Gasteiger partial charge in [0.25, 0.3) is 0 Å². The fourth-order valence-electron chi connectivity index (χ4n) is 9.16. The van der Waals surface area contributed by atoms with Gasteiger partial charge in [-0.05, 0) is 80.0 Å². The number of carbonyl (C=O) groups excluding carboxylic acids is 3. The third-order valence-electron chi connectivity index (χ3n) is 12.3. The quantitative estimate of drug-likeness (QED) is 0.112. The Morgan fingerprint density at radius 3 is 2.04 bits per heavy atom. The van der Waals surface area contributed by atoms with E-state index in [9.17, 15) is 14.4 Å². The van der Waals surface area contributed by atoms with Gasteiger partial charge >= 0.3 is 6.09 Å². The molecule has 14 heteroatoms. The van der Waals surface area contributed by atoms with Crippen molar-refractivity contribution in [2.75, 3.05) is 20.8 Å². The van der Waals surface area contributed by atoms with Gasteiger partial charge in [-0.3, -0.25) is 19.6 Å². The monoisotopic (exact) mass is 771 g/mol. The first-order chi connectivity index (χ1) is 27.7. The number of nitrogens with zero attached hydrogens (tertiary/aromatic N) is 5. The number of hydrogen-bond acceptors (Lipinski definition) is 9. The molecule has 4 unspecified atom stereocenters. The number of H-pyrrole nitrogens is 2. The van der Waals surface area contributed by atoms with Crippen LogP contribution in [-0.4, -0.2) is 85.6 Å². The van der Waals surface area contributed by atoms with Gasteiger partial charge in [-0.1, -0.05) is 48.5 Å². The molecule has 57 heavy (non-hydrogen) atoms. The van der Waals surface area contributed by atoms with Gasteiger partial charge in [-0.25, -0.2) is 14.8 Å². The van der Waals surface area contributed by atoms with Crippen LogP contribution in [0.2, 0.25) is 0 Å². The van der Waals surface area contributed by atoms with Crippen LogP contribution in [0.25, 0.3) is 33.6 Å². The second-order valence-corrected chi connectivity index (χ2v) is 15.5. The molecule has 0 spiro atoms. The molecule has 2 saturated carbocycles. The van der Waals surface area contributed by atoms with Crippen LogP contribution < -0.4 is 10.6 Å². The summed E-state index contributed by atoms with van der Waals surface area (Å²) in [5.41, 5.74) is 6.70. The molecule has 14 nitrogen and oxygen atoms in total. The Hall–Kier alpha value is -5.89.